The van der Waals surface area contributed by atoms with Crippen LogP contribution in [0, 0.1) is 11.8 Å². The monoisotopic (exact) mass is 374 g/mol. The topological polar surface area (TPSA) is 76.7 Å². The number of hydrogen-bond acceptors (Lipinski definition) is 4. The molecule has 0 atom stereocenters. The summed E-state index contributed by atoms with van der Waals surface area (Å²) >= 11 is 0. The maximum absolute atomic E-state index is 11.7. The van der Waals surface area contributed by atoms with E-state index < -0.39 is 23.4 Å². The second-order valence-electron chi connectivity index (χ2n) is 8.04. The first-order valence-electron chi connectivity index (χ1n) is 8.96. The third-order valence-electron chi connectivity index (χ3n) is 2.91. The van der Waals surface area contributed by atoms with Crippen molar-refractivity contribution in [2.24, 2.45) is 0 Å². The lowest BCUT2D eigenvalue weighted by Crippen LogP contribution is -2.32. The fourth-order valence-corrected chi connectivity index (χ4v) is 1.95. The number of amides is 2. The summed E-state index contributed by atoms with van der Waals surface area (Å²) in [6, 6.07) is 7.60. The molecule has 6 heteroatoms. The highest BCUT2D eigenvalue weighted by atomic mass is 16.6. The predicted molar refractivity (Wildman–Crippen MR) is 105 cm³/mol. The number of ether oxygens (including phenoxy) is 2. The van der Waals surface area contributed by atoms with E-state index in [0.717, 1.165) is 11.1 Å². The summed E-state index contributed by atoms with van der Waals surface area (Å²) in [5, 5.41) is 5.38. The highest BCUT2D eigenvalue weighted by Crippen LogP contribution is 2.08. The van der Waals surface area contributed by atoms with E-state index in [1.165, 1.54) is 0 Å². The van der Waals surface area contributed by atoms with E-state index in [-0.39, 0.29) is 0 Å². The van der Waals surface area contributed by atoms with E-state index >= 15 is 0 Å². The number of hydrogen-bond donors (Lipinski definition) is 2. The van der Waals surface area contributed by atoms with E-state index in [9.17, 15) is 9.59 Å². The minimum Gasteiger partial charge on any atom is -0.444 e. The van der Waals surface area contributed by atoms with Crippen LogP contribution in [-0.2, 0) is 16.0 Å². The zero-order valence-corrected chi connectivity index (χ0v) is 17.1. The van der Waals surface area contributed by atoms with E-state index in [4.69, 9.17) is 9.47 Å². The molecular formula is C21H30N2O4. The van der Waals surface area contributed by atoms with Crippen LogP contribution in [0.4, 0.5) is 9.59 Å². The first-order valence-corrected chi connectivity index (χ1v) is 8.96. The maximum atomic E-state index is 11.7. The Kier molecular flexibility index (Phi) is 8.17. The smallest absolute Gasteiger partial charge is 0.407 e. The first-order chi connectivity index (χ1) is 12.4. The molecule has 0 heterocycles. The molecule has 6 nitrogen and oxygen atoms in total. The normalized spacial score (nSPS) is 11.0. The fourth-order valence-electron chi connectivity index (χ4n) is 1.95. The van der Waals surface area contributed by atoms with Crippen LogP contribution in [0.2, 0.25) is 0 Å². The van der Waals surface area contributed by atoms with Crippen LogP contribution < -0.4 is 10.6 Å². The average Bonchev–Trinajstić information content (AvgIpc) is 2.50. The zero-order valence-electron chi connectivity index (χ0n) is 17.1. The van der Waals surface area contributed by atoms with Gasteiger partial charge in [0, 0.05) is 25.1 Å². The van der Waals surface area contributed by atoms with E-state index in [2.05, 4.69) is 22.5 Å². The molecule has 0 aliphatic rings. The van der Waals surface area contributed by atoms with E-state index in [1.54, 1.807) is 0 Å². The van der Waals surface area contributed by atoms with Gasteiger partial charge in [0.15, 0.2) is 0 Å². The molecule has 0 saturated carbocycles. The van der Waals surface area contributed by atoms with Gasteiger partial charge in [-0.2, -0.15) is 0 Å². The molecule has 0 bridgehead atoms. The van der Waals surface area contributed by atoms with Crippen LogP contribution in [0.5, 0.6) is 0 Å². The molecule has 1 aromatic rings. The largest absolute Gasteiger partial charge is 0.444 e. The van der Waals surface area contributed by atoms with Gasteiger partial charge in [-0.15, -0.1) is 0 Å². The number of benzene rings is 1. The molecule has 0 unspecified atom stereocenters. The summed E-state index contributed by atoms with van der Waals surface area (Å²) in [7, 11) is 0. The summed E-state index contributed by atoms with van der Waals surface area (Å²) in [6.07, 6.45) is -0.383. The number of rotatable bonds is 4. The minimum absolute atomic E-state index is 0.366. The summed E-state index contributed by atoms with van der Waals surface area (Å²) in [5.74, 6) is 6.06. The summed E-state index contributed by atoms with van der Waals surface area (Å²) in [6.45, 7) is 11.7. The second-order valence-corrected chi connectivity index (χ2v) is 8.04. The number of carbonyl (C=O) groups is 2. The number of alkyl carbamates (subject to hydrolysis) is 2. The molecule has 0 saturated heterocycles. The van der Waals surface area contributed by atoms with Gasteiger partial charge in [-0.05, 0) is 59.2 Å². The summed E-state index contributed by atoms with van der Waals surface area (Å²) in [5.41, 5.74) is 0.740. The van der Waals surface area contributed by atoms with Gasteiger partial charge in [0.2, 0.25) is 0 Å². The van der Waals surface area contributed by atoms with Gasteiger partial charge >= 0.3 is 12.2 Å². The third kappa shape index (κ3) is 11.5. The molecule has 0 aliphatic heterocycles. The zero-order chi connectivity index (χ0) is 20.5. The Balaban J connectivity index is 2.43. The van der Waals surface area contributed by atoms with Crippen LogP contribution in [0.15, 0.2) is 24.3 Å². The predicted octanol–water partition coefficient (Wildman–Crippen LogP) is 3.98. The molecule has 0 spiro atoms. The highest BCUT2D eigenvalue weighted by Gasteiger charge is 2.16. The van der Waals surface area contributed by atoms with E-state index in [1.807, 2.05) is 65.8 Å². The molecule has 2 amide bonds. The van der Waals surface area contributed by atoms with Gasteiger partial charge in [0.1, 0.15) is 11.2 Å². The van der Waals surface area contributed by atoms with Crippen LogP contribution in [0.25, 0.3) is 0 Å². The van der Waals surface area contributed by atoms with Crippen molar-refractivity contribution in [3.63, 3.8) is 0 Å². The lowest BCUT2D eigenvalue weighted by atomic mass is 10.1. The van der Waals surface area contributed by atoms with Crippen molar-refractivity contribution >= 4 is 12.2 Å². The minimum atomic E-state index is -0.523. The molecule has 0 aromatic heterocycles. The molecule has 27 heavy (non-hydrogen) atoms. The maximum Gasteiger partial charge on any atom is 0.407 e. The third-order valence-corrected chi connectivity index (χ3v) is 2.91. The lowest BCUT2D eigenvalue weighted by Gasteiger charge is -2.19. The SMILES string of the molecule is CC(C)(C)OC(=O)NCCC#Cc1cccc(CNC(=O)OC(C)(C)C)c1. The Bertz CT molecular complexity index is 703. The first kappa shape index (κ1) is 22.4. The molecule has 2 N–H and O–H groups in total. The van der Waals surface area contributed by atoms with Gasteiger partial charge in [-0.25, -0.2) is 9.59 Å². The van der Waals surface area contributed by atoms with Crippen molar-refractivity contribution in [3.8, 4) is 11.8 Å². The van der Waals surface area contributed by atoms with Crippen molar-refractivity contribution in [3.05, 3.63) is 35.4 Å². The molecule has 1 rings (SSSR count). The standard InChI is InChI=1S/C21H30N2O4/c1-20(2,3)26-18(24)22-13-8-7-10-16-11-9-12-17(14-16)15-23-19(25)27-21(4,5)6/h9,11-12,14H,8,13,15H2,1-6H3,(H,22,24)(H,23,25). The number of nitrogens with one attached hydrogen (secondary N) is 2. The molecule has 0 fully saturated rings. The Hall–Kier alpha value is -2.68. The highest BCUT2D eigenvalue weighted by molar-refractivity contribution is 5.68. The van der Waals surface area contributed by atoms with Crippen LogP contribution in [0.3, 0.4) is 0 Å². The molecular weight excluding hydrogens is 344 g/mol. The Morgan fingerprint density at radius 2 is 1.56 bits per heavy atom. The fraction of sp³-hybridized carbons (Fsp3) is 0.524. The van der Waals surface area contributed by atoms with Crippen LogP contribution in [-0.4, -0.2) is 29.9 Å². The van der Waals surface area contributed by atoms with E-state index in [0.29, 0.717) is 19.5 Å². The second kappa shape index (κ2) is 9.86. The van der Waals surface area contributed by atoms with Crippen molar-refractivity contribution in [1.82, 2.24) is 10.6 Å². The van der Waals surface area contributed by atoms with Gasteiger partial charge < -0.3 is 20.1 Å². The molecule has 148 valence electrons. The van der Waals surface area contributed by atoms with Gasteiger partial charge in [0.25, 0.3) is 0 Å². The number of carbonyl (C=O) groups excluding carboxylic acids is 2. The summed E-state index contributed by atoms with van der Waals surface area (Å²) < 4.78 is 10.4. The van der Waals surface area contributed by atoms with Crippen molar-refractivity contribution in [2.75, 3.05) is 6.54 Å². The molecule has 1 aromatic carbocycles. The lowest BCUT2D eigenvalue weighted by molar-refractivity contribution is 0.0514. The Morgan fingerprint density at radius 3 is 2.15 bits per heavy atom. The van der Waals surface area contributed by atoms with Crippen molar-refractivity contribution < 1.29 is 19.1 Å². The van der Waals surface area contributed by atoms with Gasteiger partial charge in [-0.1, -0.05) is 24.0 Å². The molecule has 0 aliphatic carbocycles. The molecule has 0 radical (unpaired) electrons. The van der Waals surface area contributed by atoms with Crippen LogP contribution >= 0.6 is 0 Å². The Labute approximate surface area is 162 Å². The quantitative estimate of drug-likeness (QED) is 0.617. The Morgan fingerprint density at radius 1 is 0.963 bits per heavy atom. The van der Waals surface area contributed by atoms with Crippen LogP contribution in [0.1, 0.15) is 59.1 Å². The summed E-state index contributed by atoms with van der Waals surface area (Å²) in [4.78, 5) is 23.2. The van der Waals surface area contributed by atoms with Gasteiger partial charge in [0.05, 0.1) is 0 Å². The van der Waals surface area contributed by atoms with Gasteiger partial charge in [-0.3, -0.25) is 0 Å². The van der Waals surface area contributed by atoms with Crippen molar-refractivity contribution in [1.29, 1.82) is 0 Å². The average molecular weight is 374 g/mol. The van der Waals surface area contributed by atoms with Crippen molar-refractivity contribution in [2.45, 2.75) is 65.7 Å².